The molecule has 0 saturated carbocycles. The highest BCUT2D eigenvalue weighted by Gasteiger charge is 2.25. The van der Waals surface area contributed by atoms with E-state index in [-0.39, 0.29) is 11.9 Å². The predicted molar refractivity (Wildman–Crippen MR) is 62.0 cm³/mol. The van der Waals surface area contributed by atoms with Crippen LogP contribution in [-0.2, 0) is 4.79 Å². The Hall–Kier alpha value is -1.10. The van der Waals surface area contributed by atoms with Crippen molar-refractivity contribution >= 4 is 11.9 Å². The summed E-state index contributed by atoms with van der Waals surface area (Å²) in [4.78, 5) is 24.8. The lowest BCUT2D eigenvalue weighted by atomic mass is 9.98. The zero-order chi connectivity index (χ0) is 12.1. The maximum absolute atomic E-state index is 11.7. The van der Waals surface area contributed by atoms with Crippen molar-refractivity contribution in [3.05, 3.63) is 0 Å². The monoisotopic (exact) mass is 227 g/mol. The standard InChI is InChI=1S/C11H21N3O2/c1-8-4-6-14(7-5-8)9(2)10(15)13-11(16)12-3/h8-9H,4-7H2,1-3H3,(H2,12,13,15,16)/t9-/m0/s1. The molecule has 1 aliphatic rings. The summed E-state index contributed by atoms with van der Waals surface area (Å²) in [7, 11) is 1.50. The topological polar surface area (TPSA) is 61.4 Å². The second-order valence-corrected chi connectivity index (χ2v) is 4.46. The third-order valence-electron chi connectivity index (χ3n) is 3.21. The Morgan fingerprint density at radius 1 is 1.31 bits per heavy atom. The van der Waals surface area contributed by atoms with Crippen LogP contribution < -0.4 is 10.6 Å². The van der Waals surface area contributed by atoms with Crippen LogP contribution >= 0.6 is 0 Å². The maximum Gasteiger partial charge on any atom is 0.321 e. The van der Waals surface area contributed by atoms with Crippen molar-refractivity contribution in [1.82, 2.24) is 15.5 Å². The van der Waals surface area contributed by atoms with Crippen molar-refractivity contribution < 1.29 is 9.59 Å². The molecule has 0 unspecified atom stereocenters. The first-order valence-electron chi connectivity index (χ1n) is 5.81. The Balaban J connectivity index is 2.41. The molecule has 1 heterocycles. The van der Waals surface area contributed by atoms with Gasteiger partial charge in [-0.25, -0.2) is 4.79 Å². The summed E-state index contributed by atoms with van der Waals surface area (Å²) in [6.07, 6.45) is 2.25. The summed E-state index contributed by atoms with van der Waals surface area (Å²) in [5.74, 6) is 0.513. The van der Waals surface area contributed by atoms with Gasteiger partial charge in [-0.1, -0.05) is 6.92 Å². The molecule has 0 radical (unpaired) electrons. The minimum Gasteiger partial charge on any atom is -0.341 e. The van der Waals surface area contributed by atoms with E-state index in [1.54, 1.807) is 0 Å². The van der Waals surface area contributed by atoms with Gasteiger partial charge in [0.05, 0.1) is 6.04 Å². The number of carbonyl (C=O) groups excluding carboxylic acids is 2. The van der Waals surface area contributed by atoms with E-state index in [2.05, 4.69) is 22.5 Å². The highest BCUT2D eigenvalue weighted by Crippen LogP contribution is 2.17. The molecule has 1 fully saturated rings. The molecule has 0 aliphatic carbocycles. The third-order valence-corrected chi connectivity index (χ3v) is 3.21. The number of imide groups is 1. The van der Waals surface area contributed by atoms with Crippen molar-refractivity contribution in [2.24, 2.45) is 5.92 Å². The first-order valence-corrected chi connectivity index (χ1v) is 5.81. The molecule has 1 rings (SSSR count). The van der Waals surface area contributed by atoms with E-state index in [0.29, 0.717) is 0 Å². The van der Waals surface area contributed by atoms with E-state index in [1.165, 1.54) is 7.05 Å². The summed E-state index contributed by atoms with van der Waals surface area (Å²) in [5, 5.41) is 4.68. The lowest BCUT2D eigenvalue weighted by Crippen LogP contribution is -2.50. The van der Waals surface area contributed by atoms with Gasteiger partial charge in [-0.05, 0) is 38.8 Å². The average molecular weight is 227 g/mol. The van der Waals surface area contributed by atoms with Gasteiger partial charge in [0.2, 0.25) is 5.91 Å². The second kappa shape index (κ2) is 5.84. The summed E-state index contributed by atoms with van der Waals surface area (Å²) in [5.41, 5.74) is 0. The molecular weight excluding hydrogens is 206 g/mol. The highest BCUT2D eigenvalue weighted by molar-refractivity contribution is 5.96. The number of amides is 3. The zero-order valence-electron chi connectivity index (χ0n) is 10.2. The Kier molecular flexibility index (Phi) is 4.73. The van der Waals surface area contributed by atoms with Crippen LogP contribution in [0.3, 0.4) is 0 Å². The van der Waals surface area contributed by atoms with Crippen LogP contribution in [-0.4, -0.2) is 43.0 Å². The minimum atomic E-state index is -0.442. The first-order chi connectivity index (χ1) is 7.54. The molecule has 0 aromatic carbocycles. The van der Waals surface area contributed by atoms with Crippen LogP contribution in [0.15, 0.2) is 0 Å². The number of urea groups is 1. The molecule has 0 aromatic rings. The van der Waals surface area contributed by atoms with Crippen molar-refractivity contribution in [3.8, 4) is 0 Å². The Labute approximate surface area is 96.6 Å². The van der Waals surface area contributed by atoms with Crippen molar-refractivity contribution in [2.75, 3.05) is 20.1 Å². The number of hydrogen-bond donors (Lipinski definition) is 2. The number of nitrogens with one attached hydrogen (secondary N) is 2. The summed E-state index contributed by atoms with van der Waals surface area (Å²) in [6.45, 7) is 5.94. The molecular formula is C11H21N3O2. The van der Waals surface area contributed by atoms with Gasteiger partial charge in [-0.3, -0.25) is 15.0 Å². The van der Waals surface area contributed by atoms with Gasteiger partial charge in [0.15, 0.2) is 0 Å². The van der Waals surface area contributed by atoms with Gasteiger partial charge in [-0.2, -0.15) is 0 Å². The van der Waals surface area contributed by atoms with E-state index < -0.39 is 6.03 Å². The van der Waals surface area contributed by atoms with E-state index in [9.17, 15) is 9.59 Å². The molecule has 1 saturated heterocycles. The Morgan fingerprint density at radius 3 is 2.38 bits per heavy atom. The molecule has 5 nitrogen and oxygen atoms in total. The number of hydrogen-bond acceptors (Lipinski definition) is 3. The Bertz CT molecular complexity index is 260. The molecule has 16 heavy (non-hydrogen) atoms. The van der Waals surface area contributed by atoms with Crippen LogP contribution in [0.1, 0.15) is 26.7 Å². The fraction of sp³-hybridized carbons (Fsp3) is 0.818. The fourth-order valence-corrected chi connectivity index (χ4v) is 1.86. The molecule has 3 amide bonds. The summed E-state index contributed by atoms with van der Waals surface area (Å²) in [6, 6.07) is -0.674. The molecule has 0 aromatic heterocycles. The fourth-order valence-electron chi connectivity index (χ4n) is 1.86. The van der Waals surface area contributed by atoms with Gasteiger partial charge in [0, 0.05) is 7.05 Å². The van der Waals surface area contributed by atoms with E-state index in [0.717, 1.165) is 31.8 Å². The Morgan fingerprint density at radius 2 is 1.88 bits per heavy atom. The van der Waals surface area contributed by atoms with Gasteiger partial charge in [0.25, 0.3) is 0 Å². The first kappa shape index (κ1) is 13.0. The zero-order valence-corrected chi connectivity index (χ0v) is 10.2. The maximum atomic E-state index is 11.7. The van der Waals surface area contributed by atoms with E-state index in [1.807, 2.05) is 6.92 Å². The normalized spacial score (nSPS) is 20.2. The lowest BCUT2D eigenvalue weighted by molar-refractivity contribution is -0.125. The van der Waals surface area contributed by atoms with Crippen LogP contribution in [0.2, 0.25) is 0 Å². The van der Waals surface area contributed by atoms with Crippen molar-refractivity contribution in [1.29, 1.82) is 0 Å². The summed E-state index contributed by atoms with van der Waals surface area (Å²) < 4.78 is 0. The highest BCUT2D eigenvalue weighted by atomic mass is 16.2. The van der Waals surface area contributed by atoms with E-state index >= 15 is 0 Å². The van der Waals surface area contributed by atoms with Crippen LogP contribution in [0, 0.1) is 5.92 Å². The molecule has 2 N–H and O–H groups in total. The van der Waals surface area contributed by atoms with Gasteiger partial charge < -0.3 is 5.32 Å². The largest absolute Gasteiger partial charge is 0.341 e. The number of carbonyl (C=O) groups is 2. The number of nitrogens with zero attached hydrogens (tertiary/aromatic N) is 1. The SMILES string of the molecule is CNC(=O)NC(=O)[C@H](C)N1CCC(C)CC1. The van der Waals surface area contributed by atoms with Gasteiger partial charge in [0.1, 0.15) is 0 Å². The molecule has 0 bridgehead atoms. The molecule has 1 aliphatic heterocycles. The van der Waals surface area contributed by atoms with E-state index in [4.69, 9.17) is 0 Å². The van der Waals surface area contributed by atoms with Crippen molar-refractivity contribution in [2.45, 2.75) is 32.7 Å². The molecule has 0 spiro atoms. The number of likely N-dealkylation sites (tertiary alicyclic amines) is 1. The van der Waals surface area contributed by atoms with Gasteiger partial charge >= 0.3 is 6.03 Å². The smallest absolute Gasteiger partial charge is 0.321 e. The van der Waals surface area contributed by atoms with Crippen LogP contribution in [0.25, 0.3) is 0 Å². The molecule has 92 valence electrons. The quantitative estimate of drug-likeness (QED) is 0.724. The van der Waals surface area contributed by atoms with Gasteiger partial charge in [-0.15, -0.1) is 0 Å². The molecule has 5 heteroatoms. The number of rotatable bonds is 2. The molecule has 1 atom stereocenters. The predicted octanol–water partition coefficient (Wildman–Crippen LogP) is 0.562. The number of piperidine rings is 1. The van der Waals surface area contributed by atoms with Crippen LogP contribution in [0.5, 0.6) is 0 Å². The lowest BCUT2D eigenvalue weighted by Gasteiger charge is -2.33. The van der Waals surface area contributed by atoms with Crippen LogP contribution in [0.4, 0.5) is 4.79 Å². The third kappa shape index (κ3) is 3.48. The average Bonchev–Trinajstić information content (AvgIpc) is 2.28. The van der Waals surface area contributed by atoms with Crippen molar-refractivity contribution in [3.63, 3.8) is 0 Å². The minimum absolute atomic E-state index is 0.228. The summed E-state index contributed by atoms with van der Waals surface area (Å²) >= 11 is 0. The second-order valence-electron chi connectivity index (χ2n) is 4.46.